The molecule has 0 unspecified atom stereocenters. The van der Waals surface area contributed by atoms with Crippen molar-refractivity contribution in [3.8, 4) is 0 Å². The van der Waals surface area contributed by atoms with Gasteiger partial charge in [0.15, 0.2) is 18.4 Å². The van der Waals surface area contributed by atoms with Gasteiger partial charge in [-0.25, -0.2) is 19.2 Å². The molecule has 1 aliphatic rings. The number of hydrogen-bond acceptors (Lipinski definition) is 14. The number of hydrogen-bond donors (Lipinski definition) is 0. The largest absolute Gasteiger partial charge is 0.459 e. The number of carbonyl (C=O) groups excluding carboxylic acids is 3. The fourth-order valence-corrected chi connectivity index (χ4v) is 6.25. The zero-order chi connectivity index (χ0) is 38.7. The third kappa shape index (κ3) is 8.74. The van der Waals surface area contributed by atoms with Crippen LogP contribution < -0.4 is 11.2 Å². The van der Waals surface area contributed by atoms with Gasteiger partial charge in [0.25, 0.3) is 21.4 Å². The van der Waals surface area contributed by atoms with Gasteiger partial charge in [-0.1, -0.05) is 36.4 Å². The minimum Gasteiger partial charge on any atom is -0.459 e. The number of benzene rings is 3. The number of carbonyl (C=O) groups is 3. The van der Waals surface area contributed by atoms with Crippen LogP contribution in [0.5, 0.6) is 0 Å². The van der Waals surface area contributed by atoms with Gasteiger partial charge in [-0.3, -0.25) is 23.7 Å². The van der Waals surface area contributed by atoms with E-state index in [0.717, 1.165) is 30.5 Å². The van der Waals surface area contributed by atoms with Gasteiger partial charge >= 0.3 is 23.7 Å². The predicted octanol–water partition coefficient (Wildman–Crippen LogP) is 3.76. The van der Waals surface area contributed by atoms with Gasteiger partial charge in [0, 0.05) is 23.9 Å². The molecule has 18 heteroatoms. The molecule has 1 saturated heterocycles. The third-order valence-electron chi connectivity index (χ3n) is 7.64. The first-order valence-electron chi connectivity index (χ1n) is 15.9. The minimum atomic E-state index is -4.92. The lowest BCUT2D eigenvalue weighted by Gasteiger charge is -2.25. The summed E-state index contributed by atoms with van der Waals surface area (Å²) in [6.07, 6.45) is -7.48. The summed E-state index contributed by atoms with van der Waals surface area (Å²) < 4.78 is 56.6. The number of esters is 2. The SMILES string of the molecule is Cc1cn([C@@H]2O[C@H](COC(=O)c3ccccc3)[C@@H](OC(=O)c3ccccc3)[C@H]2OS(=O)(=O)c2ccc([N+](=O)[O-])cc2)c(=O)n(C(=O)OC(C)(C)C)c1=O. The third-order valence-corrected chi connectivity index (χ3v) is 8.96. The molecule has 3 aromatic carbocycles. The lowest BCUT2D eigenvalue weighted by molar-refractivity contribution is -0.384. The molecule has 0 amide bonds. The maximum Gasteiger partial charge on any atom is 0.425 e. The Hall–Kier alpha value is -5.98. The van der Waals surface area contributed by atoms with E-state index in [4.69, 9.17) is 23.1 Å². The van der Waals surface area contributed by atoms with Crippen molar-refractivity contribution in [2.75, 3.05) is 6.61 Å². The van der Waals surface area contributed by atoms with Crippen LogP contribution in [0.3, 0.4) is 0 Å². The van der Waals surface area contributed by atoms with Gasteiger partial charge in [0.05, 0.1) is 20.9 Å². The summed E-state index contributed by atoms with van der Waals surface area (Å²) in [5.41, 5.74) is -3.97. The van der Waals surface area contributed by atoms with Gasteiger partial charge in [0.2, 0.25) is 0 Å². The highest BCUT2D eigenvalue weighted by Gasteiger charge is 2.52. The van der Waals surface area contributed by atoms with E-state index in [1.807, 2.05) is 0 Å². The van der Waals surface area contributed by atoms with Crippen LogP contribution in [0.4, 0.5) is 10.5 Å². The first-order chi connectivity index (χ1) is 25.0. The second-order valence-corrected chi connectivity index (χ2v) is 14.2. The van der Waals surface area contributed by atoms with E-state index >= 15 is 0 Å². The number of nitro benzene ring substituents is 1. The second-order valence-electron chi connectivity index (χ2n) is 12.7. The van der Waals surface area contributed by atoms with E-state index in [1.165, 1.54) is 52.0 Å². The Bertz CT molecular complexity index is 2250. The van der Waals surface area contributed by atoms with E-state index in [1.54, 1.807) is 36.4 Å². The van der Waals surface area contributed by atoms with Gasteiger partial charge < -0.3 is 18.9 Å². The molecule has 1 aromatic heterocycles. The van der Waals surface area contributed by atoms with Crippen molar-refractivity contribution in [1.29, 1.82) is 0 Å². The zero-order valence-electron chi connectivity index (χ0n) is 28.6. The molecule has 0 bridgehead atoms. The van der Waals surface area contributed by atoms with E-state index in [9.17, 15) is 42.5 Å². The summed E-state index contributed by atoms with van der Waals surface area (Å²) in [6.45, 7) is 5.11. The summed E-state index contributed by atoms with van der Waals surface area (Å²) in [6, 6.07) is 19.0. The molecular formula is C35H33N3O14S. The maximum absolute atomic E-state index is 13.9. The number of nitrogens with zero attached hydrogens (tertiary/aromatic N) is 3. The molecule has 0 radical (unpaired) electrons. The molecule has 4 aromatic rings. The lowest BCUT2D eigenvalue weighted by Crippen LogP contribution is -2.49. The quantitative estimate of drug-likeness (QED) is 0.0741. The lowest BCUT2D eigenvalue weighted by atomic mass is 10.1. The first-order valence-corrected chi connectivity index (χ1v) is 17.3. The van der Waals surface area contributed by atoms with E-state index in [2.05, 4.69) is 0 Å². The summed E-state index contributed by atoms with van der Waals surface area (Å²) in [5.74, 6) is -1.81. The number of non-ortho nitro benzene ring substituents is 1. The van der Waals surface area contributed by atoms with Crippen LogP contribution in [0.15, 0.2) is 106 Å². The molecule has 0 spiro atoms. The molecule has 17 nitrogen and oxygen atoms in total. The highest BCUT2D eigenvalue weighted by atomic mass is 32.2. The Morgan fingerprint density at radius 2 is 1.43 bits per heavy atom. The van der Waals surface area contributed by atoms with Gasteiger partial charge in [-0.2, -0.15) is 13.0 Å². The summed E-state index contributed by atoms with van der Waals surface area (Å²) in [4.78, 5) is 76.4. The Kier molecular flexibility index (Phi) is 11.1. The Balaban J connectivity index is 1.64. The topological polar surface area (TPSA) is 219 Å². The molecule has 0 N–H and O–H groups in total. The van der Waals surface area contributed by atoms with Crippen LogP contribution in [-0.2, 0) is 33.2 Å². The molecule has 5 rings (SSSR count). The number of nitro groups is 1. The normalized spacial score (nSPS) is 18.6. The highest BCUT2D eigenvalue weighted by molar-refractivity contribution is 7.86. The predicted molar refractivity (Wildman–Crippen MR) is 183 cm³/mol. The standard InChI is InChI=1S/C35H33N3O14S/c1-21-19-36(33(42)37(29(21)39)34(43)51-35(2,3)4)30-28(52-53(46,47)25-17-15-24(16-18-25)38(44)45)27(50-32(41)23-13-9-6-10-14-23)26(49-30)20-48-31(40)22-11-7-5-8-12-22/h5-19,26-28,30H,20H2,1-4H3/t26-,27-,28-,30-/m1/s1. The summed E-state index contributed by atoms with van der Waals surface area (Å²) in [5, 5.41) is 11.2. The minimum absolute atomic E-state index is 0.0273. The average molecular weight is 752 g/mol. The van der Waals surface area contributed by atoms with Crippen LogP contribution in [0.25, 0.3) is 0 Å². The van der Waals surface area contributed by atoms with Crippen molar-refractivity contribution < 1.29 is 50.9 Å². The number of rotatable bonds is 10. The molecule has 0 saturated carbocycles. The van der Waals surface area contributed by atoms with Crippen LogP contribution in [0, 0.1) is 17.0 Å². The van der Waals surface area contributed by atoms with Crippen molar-refractivity contribution in [3.05, 3.63) is 139 Å². The molecule has 1 aliphatic heterocycles. The number of aryl methyl sites for hydroxylation is 1. The maximum atomic E-state index is 13.9. The number of aromatic nitrogens is 2. The van der Waals surface area contributed by atoms with Crippen LogP contribution in [-0.4, -0.2) is 71.0 Å². The molecule has 2 heterocycles. The molecule has 4 atom stereocenters. The monoisotopic (exact) mass is 751 g/mol. The Morgan fingerprint density at radius 1 is 0.868 bits per heavy atom. The molecule has 0 aliphatic carbocycles. The second kappa shape index (κ2) is 15.3. The van der Waals surface area contributed by atoms with Gasteiger partial charge in [0.1, 0.15) is 18.3 Å². The molecule has 53 heavy (non-hydrogen) atoms. The molecule has 1 fully saturated rings. The van der Waals surface area contributed by atoms with Crippen molar-refractivity contribution in [2.45, 2.75) is 62.7 Å². The highest BCUT2D eigenvalue weighted by Crippen LogP contribution is 2.36. The van der Waals surface area contributed by atoms with Crippen molar-refractivity contribution >= 4 is 33.8 Å². The number of ether oxygens (including phenoxy) is 4. The molecular weight excluding hydrogens is 718 g/mol. The van der Waals surface area contributed by atoms with Crippen molar-refractivity contribution in [2.24, 2.45) is 0 Å². The van der Waals surface area contributed by atoms with Crippen molar-refractivity contribution in [3.63, 3.8) is 0 Å². The van der Waals surface area contributed by atoms with Crippen LogP contribution in [0.1, 0.15) is 53.3 Å². The summed E-state index contributed by atoms with van der Waals surface area (Å²) >= 11 is 0. The van der Waals surface area contributed by atoms with Gasteiger partial charge in [-0.15, -0.1) is 0 Å². The van der Waals surface area contributed by atoms with E-state index in [0.29, 0.717) is 4.57 Å². The zero-order valence-corrected chi connectivity index (χ0v) is 29.5. The van der Waals surface area contributed by atoms with Gasteiger partial charge in [-0.05, 0) is 64.1 Å². The Morgan fingerprint density at radius 3 is 1.98 bits per heavy atom. The summed E-state index contributed by atoms with van der Waals surface area (Å²) in [7, 11) is -4.92. The van der Waals surface area contributed by atoms with E-state index in [-0.39, 0.29) is 21.3 Å². The average Bonchev–Trinajstić information content (AvgIpc) is 3.43. The fraction of sp³-hybridized carbons (Fsp3) is 0.286. The fourth-order valence-electron chi connectivity index (χ4n) is 5.18. The van der Waals surface area contributed by atoms with Crippen molar-refractivity contribution in [1.82, 2.24) is 9.13 Å². The van der Waals surface area contributed by atoms with Crippen LogP contribution in [0.2, 0.25) is 0 Å². The Labute approximate surface area is 301 Å². The van der Waals surface area contributed by atoms with E-state index < -0.39 is 91.7 Å². The van der Waals surface area contributed by atoms with Crippen LogP contribution >= 0.6 is 0 Å². The first kappa shape index (κ1) is 38.3. The molecule has 278 valence electrons. The smallest absolute Gasteiger partial charge is 0.425 e.